The molecule has 1 aliphatic rings. The van der Waals surface area contributed by atoms with Gasteiger partial charge in [0.25, 0.3) is 5.91 Å². The molecule has 0 unspecified atom stereocenters. The molecule has 1 amide bonds. The third-order valence-corrected chi connectivity index (χ3v) is 20.8. The summed E-state index contributed by atoms with van der Waals surface area (Å²) in [4.78, 5) is 129. The second-order valence-corrected chi connectivity index (χ2v) is 34.4. The average Bonchev–Trinajstić information content (AvgIpc) is 0.808. The van der Waals surface area contributed by atoms with Crippen LogP contribution in [0.25, 0.3) is 6.08 Å². The maximum absolute atomic E-state index is 12.6. The second-order valence-electron chi connectivity index (χ2n) is 34.4. The van der Waals surface area contributed by atoms with Gasteiger partial charge >= 0.3 is 23.9 Å². The number of aliphatic hydroxyl groups is 1. The largest absolute Gasteiger partial charge is 0.508 e. The zero-order valence-corrected chi connectivity index (χ0v) is 84.9. The van der Waals surface area contributed by atoms with Crippen LogP contribution in [0, 0.1) is 5.41 Å². The number of rotatable bonds is 39. The van der Waals surface area contributed by atoms with Crippen molar-refractivity contribution in [3.8, 4) is 86.2 Å². The van der Waals surface area contributed by atoms with Crippen LogP contribution in [0.4, 0.5) is 0 Å². The third kappa shape index (κ3) is 41.4. The maximum atomic E-state index is 12.6. The van der Waals surface area contributed by atoms with Crippen molar-refractivity contribution >= 4 is 71.1 Å². The fourth-order valence-electron chi connectivity index (χ4n) is 13.4. The summed E-state index contributed by atoms with van der Waals surface area (Å²) in [5.41, 5.74) is 4.84. The Morgan fingerprint density at radius 2 is 0.819 bits per heavy atom. The van der Waals surface area contributed by atoms with E-state index >= 15 is 0 Å². The number of carbonyl (C=O) groups is 11. The van der Waals surface area contributed by atoms with E-state index in [1.165, 1.54) is 64.3 Å². The number of carboxylic acid groups (broad SMARTS) is 1. The van der Waals surface area contributed by atoms with Gasteiger partial charge in [-0.3, -0.25) is 33.6 Å². The van der Waals surface area contributed by atoms with E-state index in [0.717, 1.165) is 45.1 Å². The van der Waals surface area contributed by atoms with Gasteiger partial charge in [-0.15, -0.1) is 0 Å². The normalized spacial score (nSPS) is 11.9. The van der Waals surface area contributed by atoms with E-state index in [1.807, 2.05) is 66.7 Å². The Morgan fingerprint density at radius 1 is 0.438 bits per heavy atom. The molecule has 0 aliphatic carbocycles. The molecule has 144 heavy (non-hydrogen) atoms. The molecule has 0 bridgehead atoms. The summed E-state index contributed by atoms with van der Waals surface area (Å²) in [6.45, 7) is 18.0. The first-order valence-electron chi connectivity index (χ1n) is 45.6. The number of nitrogens with zero attached hydrogens (tertiary/aromatic N) is 1. The highest BCUT2D eigenvalue weighted by Gasteiger charge is 2.42. The number of allylic oxidation sites excluding steroid dienone is 1. The number of amides is 1. The molecule has 10 aromatic rings. The number of likely N-dealkylation sites (tertiary alicyclic amines) is 1. The fourth-order valence-corrected chi connectivity index (χ4v) is 13.4. The van der Waals surface area contributed by atoms with Crippen molar-refractivity contribution in [3.63, 3.8) is 0 Å². The van der Waals surface area contributed by atoms with E-state index in [2.05, 4.69) is 6.58 Å². The van der Waals surface area contributed by atoms with E-state index in [1.54, 1.807) is 227 Å². The molecule has 1 saturated heterocycles. The molecule has 0 saturated carbocycles. The van der Waals surface area contributed by atoms with Crippen molar-refractivity contribution in [3.05, 3.63) is 287 Å². The van der Waals surface area contributed by atoms with Crippen molar-refractivity contribution in [2.75, 3.05) is 97.5 Å². The van der Waals surface area contributed by atoms with E-state index in [9.17, 15) is 68.1 Å². The van der Waals surface area contributed by atoms with Gasteiger partial charge in [-0.2, -0.15) is 0 Å². The summed E-state index contributed by atoms with van der Waals surface area (Å²) < 4.78 is 78.1. The number of aliphatic carboxylic acids is 1. The zero-order valence-electron chi connectivity index (χ0n) is 84.9. The van der Waals surface area contributed by atoms with Crippen LogP contribution >= 0.6 is 0 Å². The number of aldehydes is 1. The molecule has 5 N–H and O–H groups in total. The number of benzene rings is 10. The Balaban J connectivity index is 0.000000302. The Morgan fingerprint density at radius 3 is 1.24 bits per heavy atom. The van der Waals surface area contributed by atoms with Crippen LogP contribution in [0.5, 0.6) is 86.2 Å². The van der Waals surface area contributed by atoms with Crippen molar-refractivity contribution in [2.24, 2.45) is 5.41 Å². The third-order valence-electron chi connectivity index (χ3n) is 20.8. The number of ether oxygens (including phenoxy) is 15. The molecular weight excluding hydrogens is 1860 g/mol. The minimum atomic E-state index is -1.23. The Bertz CT molecular complexity index is 5960. The van der Waals surface area contributed by atoms with E-state index in [4.69, 9.17) is 81.3 Å². The highest BCUT2D eigenvalue weighted by molar-refractivity contribution is 6.38. The number of methoxy groups -OCH3 is 10. The SMILES string of the molecule is C=CC(=O)OCC(C)(C)C(=O)C(=O)N1CCCC[C@H]1C(=O)O.CC(=O)c1cccc(O)c1.COc1ccc(/C=C/C(=O)c2cccc(O)c2)cc1OC.COc1ccc(C=O)cc1OC.COc1ccc(CCC(=O)c2cccc(O)c2)cc1OC.COc1ccc(CCC(=O)c2cccc(OCC(=O)OC(C)(C)C)c2)cc1OC.COc1ccc(CC[C@@H](O)c2cccc(OCC(=O)OC(C)(C)C)c2)cc1OC. The molecule has 2 atom stereocenters. The minimum absolute atomic E-state index is 0.000634. The van der Waals surface area contributed by atoms with Gasteiger partial charge in [0.1, 0.15) is 58.9 Å². The summed E-state index contributed by atoms with van der Waals surface area (Å²) in [5, 5.41) is 47.4. The molecule has 32 heteroatoms. The van der Waals surface area contributed by atoms with Crippen molar-refractivity contribution in [1.82, 2.24) is 4.90 Å². The van der Waals surface area contributed by atoms with Crippen LogP contribution in [-0.2, 0) is 62.2 Å². The molecule has 0 radical (unpaired) electrons. The number of aliphatic hydroxyl groups excluding tert-OH is 1. The minimum Gasteiger partial charge on any atom is -0.508 e. The molecule has 10 aromatic carbocycles. The Kier molecular flexibility index (Phi) is 49.5. The number of piperidine rings is 1. The number of aryl methyl sites for hydroxylation is 3. The smallest absolute Gasteiger partial charge is 0.344 e. The molecular formula is C112H131NO31. The molecule has 1 fully saturated rings. The number of aromatic hydroxyl groups is 3. The van der Waals surface area contributed by atoms with E-state index in [0.29, 0.717) is 155 Å². The summed E-state index contributed by atoms with van der Waals surface area (Å²) in [5.74, 6) is 3.13. The number of Topliss-reactive ketones (excluding diaryl/α,β-unsaturated/α-hetero) is 4. The summed E-state index contributed by atoms with van der Waals surface area (Å²) in [6.07, 6.45) is 9.01. The number of esters is 3. The number of hydrogen-bond acceptors (Lipinski definition) is 30. The first-order valence-corrected chi connectivity index (χ1v) is 45.6. The van der Waals surface area contributed by atoms with Crippen molar-refractivity contribution < 1.29 is 149 Å². The quantitative estimate of drug-likeness (QED) is 0.00596. The van der Waals surface area contributed by atoms with Gasteiger partial charge in [-0.05, 0) is 269 Å². The molecule has 32 nitrogen and oxygen atoms in total. The lowest BCUT2D eigenvalue weighted by molar-refractivity contribution is -0.160. The van der Waals surface area contributed by atoms with Crippen LogP contribution in [0.2, 0.25) is 0 Å². The predicted octanol–water partition coefficient (Wildman–Crippen LogP) is 18.7. The summed E-state index contributed by atoms with van der Waals surface area (Å²) in [6, 6.07) is 59.2. The molecule has 11 rings (SSSR count). The van der Waals surface area contributed by atoms with Gasteiger partial charge in [0.15, 0.2) is 93.8 Å². The highest BCUT2D eigenvalue weighted by atomic mass is 16.6. The highest BCUT2D eigenvalue weighted by Crippen LogP contribution is 2.35. The van der Waals surface area contributed by atoms with Gasteiger partial charge in [0.05, 0.1) is 82.6 Å². The van der Waals surface area contributed by atoms with Crippen LogP contribution < -0.4 is 56.8 Å². The van der Waals surface area contributed by atoms with Crippen molar-refractivity contribution in [1.29, 1.82) is 0 Å². The monoisotopic (exact) mass is 1990 g/mol. The van der Waals surface area contributed by atoms with E-state index in [-0.39, 0.29) is 66.7 Å². The van der Waals surface area contributed by atoms with Gasteiger partial charge in [0.2, 0.25) is 5.78 Å². The van der Waals surface area contributed by atoms with Crippen LogP contribution in [-0.4, -0.2) is 210 Å². The average molecular weight is 1990 g/mol. The van der Waals surface area contributed by atoms with Gasteiger partial charge < -0.3 is 101 Å². The molecule has 0 spiro atoms. The van der Waals surface area contributed by atoms with E-state index < -0.39 is 64.3 Å². The Hall–Kier alpha value is -16.0. The van der Waals surface area contributed by atoms with Crippen molar-refractivity contribution in [2.45, 2.75) is 143 Å². The number of phenols is 3. The fraction of sp³-hybridized carbons (Fsp3) is 0.330. The number of ketones is 5. The van der Waals surface area contributed by atoms with Crippen LogP contribution in [0.15, 0.2) is 231 Å². The Labute approximate surface area is 840 Å². The number of carboxylic acids is 1. The first-order chi connectivity index (χ1) is 68.4. The topological polar surface area (TPSA) is 431 Å². The standard InChI is InChI=1S/C23H30O6.C23H28O6.C17H18O4.C17H16O4.C15H21NO6.C9H10O3.C8H8O2/c2*1-23(2,3)29-22(25)15-28-18-8-6-7-17(14-18)19(24)11-9-16-10-12-20(26-4)21(13-16)27-5;2*1-20-16-9-7-12(10-17(16)21-2)6-8-15(19)13-4-3-5-14(18)11-13;1-4-11(17)22-9-15(2,3)12(18)13(19)16-8-6-5-7-10(16)14(20)21;1-11-8-4-3-7(6-10)5-9(8)12-2;1-6(9)7-3-2-4-8(10)5-7/h6-8,10,12-14,19,24H,9,11,15H2,1-5H3;6-8,10,12-14H,9,11,15H2,1-5H3;3-5,7,9-11,18H,6,8H2,1-2H3;3-11,18H,1-2H3;4,10H,1,5-9H2,2-3H3,(H,20,21);3-6H,1-2H3;2-5,10H,1H3/b;;;8-6+;;;/t19-;;;;10-;;/m1...0../s1. The molecule has 1 aliphatic heterocycles. The van der Waals surface area contributed by atoms with Gasteiger partial charge in [0, 0.05) is 53.3 Å². The maximum Gasteiger partial charge on any atom is 0.344 e. The second kappa shape index (κ2) is 60.2. The summed E-state index contributed by atoms with van der Waals surface area (Å²) in [7, 11) is 15.7. The molecule has 1 heterocycles. The van der Waals surface area contributed by atoms with Gasteiger partial charge in [-0.25, -0.2) is 19.2 Å². The van der Waals surface area contributed by atoms with Gasteiger partial charge in [-0.1, -0.05) is 97.6 Å². The van der Waals surface area contributed by atoms with Crippen LogP contribution in [0.3, 0.4) is 0 Å². The van der Waals surface area contributed by atoms with Crippen LogP contribution in [0.1, 0.15) is 187 Å². The zero-order chi connectivity index (χ0) is 107. The summed E-state index contributed by atoms with van der Waals surface area (Å²) >= 11 is 0. The number of hydrogen-bond donors (Lipinski definition) is 5. The number of carbonyl (C=O) groups excluding carboxylic acids is 10. The predicted molar refractivity (Wildman–Crippen MR) is 542 cm³/mol. The lowest BCUT2D eigenvalue weighted by Gasteiger charge is -2.34. The molecule has 770 valence electrons. The lowest BCUT2D eigenvalue weighted by Crippen LogP contribution is -2.53. The number of phenolic OH excluding ortho intramolecular Hbond substituents is 3. The molecule has 0 aromatic heterocycles. The lowest BCUT2D eigenvalue weighted by atomic mass is 9.87. The first kappa shape index (κ1) is 118.